The summed E-state index contributed by atoms with van der Waals surface area (Å²) in [6.07, 6.45) is 0. The first-order valence-corrected chi connectivity index (χ1v) is 5.53. The summed E-state index contributed by atoms with van der Waals surface area (Å²) in [7, 11) is 1.89. The molecule has 0 aliphatic carbocycles. The SMILES string of the molecule is CNCc1ccc(-c2ccsc2Cl)o1. The number of hydrogen-bond acceptors (Lipinski definition) is 3. The van der Waals surface area contributed by atoms with Crippen LogP contribution in [0.1, 0.15) is 5.76 Å². The maximum absolute atomic E-state index is 6.00. The Morgan fingerprint density at radius 3 is 2.93 bits per heavy atom. The van der Waals surface area contributed by atoms with Gasteiger partial charge in [-0.05, 0) is 30.6 Å². The molecule has 0 saturated heterocycles. The number of hydrogen-bond donors (Lipinski definition) is 1. The van der Waals surface area contributed by atoms with Crippen LogP contribution < -0.4 is 5.32 Å². The van der Waals surface area contributed by atoms with Gasteiger partial charge in [0.05, 0.1) is 6.54 Å². The van der Waals surface area contributed by atoms with E-state index in [1.165, 1.54) is 11.3 Å². The Kier molecular flexibility index (Phi) is 2.91. The minimum absolute atomic E-state index is 0.738. The van der Waals surface area contributed by atoms with E-state index in [1.54, 1.807) is 0 Å². The molecule has 2 heterocycles. The molecule has 4 heteroatoms. The summed E-state index contributed by atoms with van der Waals surface area (Å²) in [5.74, 6) is 1.76. The third kappa shape index (κ3) is 1.85. The zero-order valence-electron chi connectivity index (χ0n) is 7.71. The highest BCUT2D eigenvalue weighted by Crippen LogP contribution is 2.33. The molecule has 0 aliphatic heterocycles. The van der Waals surface area contributed by atoms with Crippen molar-refractivity contribution in [3.8, 4) is 11.3 Å². The second-order valence-electron chi connectivity index (χ2n) is 2.90. The summed E-state index contributed by atoms with van der Waals surface area (Å²) in [6.45, 7) is 0.738. The summed E-state index contributed by atoms with van der Waals surface area (Å²) >= 11 is 7.52. The highest BCUT2D eigenvalue weighted by molar-refractivity contribution is 7.15. The molecule has 0 radical (unpaired) electrons. The number of rotatable bonds is 3. The van der Waals surface area contributed by atoms with E-state index in [2.05, 4.69) is 5.32 Å². The Hall–Kier alpha value is -0.770. The van der Waals surface area contributed by atoms with Crippen LogP contribution in [0.2, 0.25) is 4.34 Å². The van der Waals surface area contributed by atoms with Gasteiger partial charge < -0.3 is 9.73 Å². The van der Waals surface area contributed by atoms with E-state index in [4.69, 9.17) is 16.0 Å². The highest BCUT2D eigenvalue weighted by Gasteiger charge is 2.08. The average molecular weight is 228 g/mol. The molecule has 0 fully saturated rings. The molecule has 2 aromatic heterocycles. The van der Waals surface area contributed by atoms with Crippen LogP contribution in [0.15, 0.2) is 28.0 Å². The molecular weight excluding hydrogens is 218 g/mol. The zero-order valence-corrected chi connectivity index (χ0v) is 9.28. The molecule has 0 unspecified atom stereocenters. The molecule has 0 aromatic carbocycles. The summed E-state index contributed by atoms with van der Waals surface area (Å²) in [6, 6.07) is 5.87. The molecule has 0 bridgehead atoms. The number of furan rings is 1. The van der Waals surface area contributed by atoms with Crippen molar-refractivity contribution in [2.75, 3.05) is 7.05 Å². The topological polar surface area (TPSA) is 25.2 Å². The first kappa shape index (κ1) is 9.77. The molecule has 2 rings (SSSR count). The largest absolute Gasteiger partial charge is 0.460 e. The minimum Gasteiger partial charge on any atom is -0.460 e. The number of halogens is 1. The molecule has 14 heavy (non-hydrogen) atoms. The quantitative estimate of drug-likeness (QED) is 0.870. The van der Waals surface area contributed by atoms with Crippen LogP contribution in [0, 0.1) is 0 Å². The maximum Gasteiger partial charge on any atom is 0.136 e. The molecule has 0 spiro atoms. The van der Waals surface area contributed by atoms with E-state index >= 15 is 0 Å². The fourth-order valence-electron chi connectivity index (χ4n) is 1.26. The zero-order chi connectivity index (χ0) is 9.97. The molecule has 0 amide bonds. The van der Waals surface area contributed by atoms with Crippen LogP contribution in [0.5, 0.6) is 0 Å². The van der Waals surface area contributed by atoms with E-state index in [9.17, 15) is 0 Å². The lowest BCUT2D eigenvalue weighted by molar-refractivity contribution is 0.507. The van der Waals surface area contributed by atoms with Crippen LogP contribution in [0.25, 0.3) is 11.3 Å². The van der Waals surface area contributed by atoms with E-state index in [-0.39, 0.29) is 0 Å². The van der Waals surface area contributed by atoms with Gasteiger partial charge in [0, 0.05) is 5.56 Å². The molecule has 1 N–H and O–H groups in total. The maximum atomic E-state index is 6.00. The van der Waals surface area contributed by atoms with Crippen LogP contribution in [0.4, 0.5) is 0 Å². The van der Waals surface area contributed by atoms with Crippen LogP contribution in [-0.2, 0) is 6.54 Å². The lowest BCUT2D eigenvalue weighted by atomic mass is 10.3. The first-order valence-electron chi connectivity index (χ1n) is 4.28. The Labute approximate surface area is 91.5 Å². The van der Waals surface area contributed by atoms with Gasteiger partial charge >= 0.3 is 0 Å². The van der Waals surface area contributed by atoms with Gasteiger partial charge in [-0.25, -0.2) is 0 Å². The van der Waals surface area contributed by atoms with E-state index in [1.807, 2.05) is 30.6 Å². The van der Waals surface area contributed by atoms with E-state index in [0.717, 1.165) is 28.0 Å². The van der Waals surface area contributed by atoms with Gasteiger partial charge in [-0.1, -0.05) is 11.6 Å². The third-order valence-corrected chi connectivity index (χ3v) is 3.07. The van der Waals surface area contributed by atoms with Crippen molar-refractivity contribution in [3.05, 3.63) is 33.7 Å². The normalized spacial score (nSPS) is 10.7. The monoisotopic (exact) mass is 227 g/mol. The second kappa shape index (κ2) is 4.17. The van der Waals surface area contributed by atoms with Gasteiger partial charge in [0.1, 0.15) is 15.9 Å². The average Bonchev–Trinajstić information content (AvgIpc) is 2.74. The third-order valence-electron chi connectivity index (χ3n) is 1.90. The number of thiophene rings is 1. The Morgan fingerprint density at radius 1 is 1.43 bits per heavy atom. The van der Waals surface area contributed by atoms with Crippen molar-refractivity contribution in [2.24, 2.45) is 0 Å². The molecule has 2 nitrogen and oxygen atoms in total. The Balaban J connectivity index is 2.29. The summed E-state index contributed by atoms with van der Waals surface area (Å²) in [5, 5.41) is 4.99. The minimum atomic E-state index is 0.738. The Bertz CT molecular complexity index is 421. The lowest BCUT2D eigenvalue weighted by Gasteiger charge is -1.94. The van der Waals surface area contributed by atoms with Gasteiger partial charge in [-0.2, -0.15) is 0 Å². The predicted octanol–water partition coefficient (Wildman–Crippen LogP) is 3.38. The smallest absolute Gasteiger partial charge is 0.136 e. The van der Waals surface area contributed by atoms with E-state index < -0.39 is 0 Å². The van der Waals surface area contributed by atoms with Crippen molar-refractivity contribution < 1.29 is 4.42 Å². The Morgan fingerprint density at radius 2 is 2.29 bits per heavy atom. The van der Waals surface area contributed by atoms with Crippen molar-refractivity contribution >= 4 is 22.9 Å². The summed E-state index contributed by atoms with van der Waals surface area (Å²) < 4.78 is 6.38. The van der Waals surface area contributed by atoms with Crippen molar-refractivity contribution in [1.29, 1.82) is 0 Å². The van der Waals surface area contributed by atoms with Crippen molar-refractivity contribution in [1.82, 2.24) is 5.32 Å². The van der Waals surface area contributed by atoms with Gasteiger partial charge in [0.25, 0.3) is 0 Å². The number of nitrogens with one attached hydrogen (secondary N) is 1. The molecular formula is C10H10ClNOS. The second-order valence-corrected chi connectivity index (χ2v) is 4.42. The van der Waals surface area contributed by atoms with Crippen LogP contribution >= 0.6 is 22.9 Å². The first-order chi connectivity index (χ1) is 6.81. The fourth-order valence-corrected chi connectivity index (χ4v) is 2.19. The summed E-state index contributed by atoms with van der Waals surface area (Å²) in [4.78, 5) is 0. The van der Waals surface area contributed by atoms with Gasteiger partial charge in [0.2, 0.25) is 0 Å². The molecule has 0 atom stereocenters. The molecule has 0 saturated carbocycles. The molecule has 74 valence electrons. The summed E-state index contributed by atoms with van der Waals surface area (Å²) in [5.41, 5.74) is 0.971. The molecule has 0 aliphatic rings. The highest BCUT2D eigenvalue weighted by atomic mass is 35.5. The fraction of sp³-hybridized carbons (Fsp3) is 0.200. The molecule has 2 aromatic rings. The van der Waals surface area contributed by atoms with Gasteiger partial charge in [0.15, 0.2) is 0 Å². The van der Waals surface area contributed by atoms with Crippen molar-refractivity contribution in [2.45, 2.75) is 6.54 Å². The standard InChI is InChI=1S/C10H10ClNOS/c1-12-6-7-2-3-9(13-7)8-4-5-14-10(8)11/h2-5,12H,6H2,1H3. The van der Waals surface area contributed by atoms with Crippen molar-refractivity contribution in [3.63, 3.8) is 0 Å². The predicted molar refractivity (Wildman–Crippen MR) is 59.8 cm³/mol. The van der Waals surface area contributed by atoms with Gasteiger partial charge in [-0.3, -0.25) is 0 Å². The van der Waals surface area contributed by atoms with Gasteiger partial charge in [-0.15, -0.1) is 11.3 Å². The van der Waals surface area contributed by atoms with Crippen LogP contribution in [-0.4, -0.2) is 7.05 Å². The van der Waals surface area contributed by atoms with E-state index in [0.29, 0.717) is 0 Å². The lowest BCUT2D eigenvalue weighted by Crippen LogP contribution is -2.03. The van der Waals surface area contributed by atoms with Crippen LogP contribution in [0.3, 0.4) is 0 Å².